The van der Waals surface area contributed by atoms with Crippen LogP contribution in [-0.2, 0) is 6.61 Å². The number of nitrogens with one attached hydrogen (secondary N) is 1. The molecule has 2 aliphatic rings. The van der Waals surface area contributed by atoms with Gasteiger partial charge in [0.05, 0.1) is 6.61 Å². The zero-order valence-corrected chi connectivity index (χ0v) is 16.9. The van der Waals surface area contributed by atoms with Gasteiger partial charge in [-0.25, -0.2) is 0 Å². The van der Waals surface area contributed by atoms with Gasteiger partial charge in [-0.2, -0.15) is 0 Å². The highest BCUT2D eigenvalue weighted by Crippen LogP contribution is 2.42. The first-order chi connectivity index (χ1) is 13.8. The van der Waals surface area contributed by atoms with E-state index in [-0.39, 0.29) is 0 Å². The summed E-state index contributed by atoms with van der Waals surface area (Å²) in [5.74, 6) is 2.59. The second kappa shape index (κ2) is 9.44. The van der Waals surface area contributed by atoms with Gasteiger partial charge in [0.1, 0.15) is 6.61 Å². The number of ether oxygens (including phenoxy) is 2. The molecular formula is C24H32N2O2. The molecule has 1 aliphatic carbocycles. The average molecular weight is 381 g/mol. The fourth-order valence-corrected chi connectivity index (χ4v) is 4.01. The highest BCUT2D eigenvalue weighted by Gasteiger charge is 2.31. The summed E-state index contributed by atoms with van der Waals surface area (Å²) in [7, 11) is 0. The minimum Gasteiger partial charge on any atom is -0.490 e. The molecule has 0 spiro atoms. The van der Waals surface area contributed by atoms with Crippen molar-refractivity contribution in [2.45, 2.75) is 38.8 Å². The topological polar surface area (TPSA) is 33.7 Å². The summed E-state index contributed by atoms with van der Waals surface area (Å²) in [6.45, 7) is 7.64. The molecule has 28 heavy (non-hydrogen) atoms. The Morgan fingerprint density at radius 3 is 2.50 bits per heavy atom. The molecule has 1 N–H and O–H groups in total. The van der Waals surface area contributed by atoms with Gasteiger partial charge in [0, 0.05) is 32.2 Å². The van der Waals surface area contributed by atoms with E-state index >= 15 is 0 Å². The Bertz CT molecular complexity index is 740. The molecule has 0 bridgehead atoms. The van der Waals surface area contributed by atoms with E-state index in [0.29, 0.717) is 19.3 Å². The van der Waals surface area contributed by atoms with Crippen molar-refractivity contribution in [3.05, 3.63) is 59.7 Å². The lowest BCUT2D eigenvalue weighted by molar-refractivity contribution is 0.160. The van der Waals surface area contributed by atoms with Crippen molar-refractivity contribution in [3.63, 3.8) is 0 Å². The summed E-state index contributed by atoms with van der Waals surface area (Å²) in [5.41, 5.74) is 2.53. The van der Waals surface area contributed by atoms with E-state index < -0.39 is 0 Å². The Hall–Kier alpha value is -2.04. The summed E-state index contributed by atoms with van der Waals surface area (Å²) in [5, 5.41) is 3.48. The molecule has 2 aromatic carbocycles. The zero-order chi connectivity index (χ0) is 19.2. The Kier molecular flexibility index (Phi) is 6.50. The van der Waals surface area contributed by atoms with Crippen LogP contribution in [0.4, 0.5) is 0 Å². The van der Waals surface area contributed by atoms with Gasteiger partial charge in [-0.15, -0.1) is 0 Å². The van der Waals surface area contributed by atoms with Crippen LogP contribution in [0.2, 0.25) is 0 Å². The molecule has 1 saturated carbocycles. The first-order valence-electron chi connectivity index (χ1n) is 10.7. The first kappa shape index (κ1) is 19.3. The zero-order valence-electron chi connectivity index (χ0n) is 16.9. The molecule has 4 nitrogen and oxygen atoms in total. The van der Waals surface area contributed by atoms with Crippen LogP contribution in [-0.4, -0.2) is 37.7 Å². The number of hydrogen-bond donors (Lipinski definition) is 1. The summed E-state index contributed by atoms with van der Waals surface area (Å²) in [4.78, 5) is 2.64. The van der Waals surface area contributed by atoms with Crippen LogP contribution in [0.25, 0.3) is 0 Å². The monoisotopic (exact) mass is 380 g/mol. The van der Waals surface area contributed by atoms with E-state index in [1.165, 1.54) is 30.4 Å². The summed E-state index contributed by atoms with van der Waals surface area (Å²) in [6.07, 6.45) is 4.04. The lowest BCUT2D eigenvalue weighted by Gasteiger charge is -2.35. The molecule has 150 valence electrons. The molecule has 0 amide bonds. The van der Waals surface area contributed by atoms with Crippen LogP contribution < -0.4 is 14.8 Å². The highest BCUT2D eigenvalue weighted by molar-refractivity contribution is 5.44. The minimum atomic E-state index is 0.483. The summed E-state index contributed by atoms with van der Waals surface area (Å²) in [6, 6.07) is 17.3. The number of piperazine rings is 1. The Balaban J connectivity index is 1.52. The maximum Gasteiger partial charge on any atom is 0.161 e. The van der Waals surface area contributed by atoms with Crippen LogP contribution in [0.15, 0.2) is 48.5 Å². The highest BCUT2D eigenvalue weighted by atomic mass is 16.5. The normalized spacial score (nSPS) is 18.6. The molecule has 0 radical (unpaired) electrons. The molecule has 2 fully saturated rings. The van der Waals surface area contributed by atoms with E-state index in [2.05, 4.69) is 40.5 Å². The van der Waals surface area contributed by atoms with Gasteiger partial charge in [-0.05, 0) is 42.5 Å². The lowest BCUT2D eigenvalue weighted by Crippen LogP contribution is -2.45. The van der Waals surface area contributed by atoms with E-state index in [1.54, 1.807) is 0 Å². The second-order valence-corrected chi connectivity index (χ2v) is 7.89. The quantitative estimate of drug-likeness (QED) is 0.699. The largest absolute Gasteiger partial charge is 0.490 e. The van der Waals surface area contributed by atoms with Gasteiger partial charge >= 0.3 is 0 Å². The van der Waals surface area contributed by atoms with Crippen LogP contribution >= 0.6 is 0 Å². The van der Waals surface area contributed by atoms with Crippen molar-refractivity contribution >= 4 is 0 Å². The molecule has 4 rings (SSSR count). The van der Waals surface area contributed by atoms with E-state index in [0.717, 1.165) is 43.6 Å². The number of nitrogens with zero attached hydrogens (tertiary/aromatic N) is 1. The molecule has 1 atom stereocenters. The summed E-state index contributed by atoms with van der Waals surface area (Å²) < 4.78 is 12.1. The van der Waals surface area contributed by atoms with Crippen LogP contribution in [0, 0.1) is 5.92 Å². The third-order valence-corrected chi connectivity index (χ3v) is 5.74. The first-order valence-corrected chi connectivity index (χ1v) is 10.7. The Labute approximate surface area is 168 Å². The third-order valence-electron chi connectivity index (χ3n) is 5.74. The van der Waals surface area contributed by atoms with Gasteiger partial charge in [0.15, 0.2) is 11.5 Å². The Morgan fingerprint density at radius 1 is 1.00 bits per heavy atom. The molecular weight excluding hydrogens is 348 g/mol. The van der Waals surface area contributed by atoms with Gasteiger partial charge in [-0.3, -0.25) is 4.90 Å². The SMILES string of the molecule is CCOc1cc([C@@H](CC2CC2)N2CCNCC2)ccc1OCc1ccccc1. The Morgan fingerprint density at radius 2 is 1.79 bits per heavy atom. The van der Waals surface area contributed by atoms with Crippen molar-refractivity contribution < 1.29 is 9.47 Å². The van der Waals surface area contributed by atoms with Gasteiger partial charge < -0.3 is 14.8 Å². The molecule has 1 aliphatic heterocycles. The van der Waals surface area contributed by atoms with E-state index in [9.17, 15) is 0 Å². The van der Waals surface area contributed by atoms with Gasteiger partial charge in [-0.1, -0.05) is 49.2 Å². The van der Waals surface area contributed by atoms with Crippen molar-refractivity contribution in [3.8, 4) is 11.5 Å². The number of benzene rings is 2. The fraction of sp³-hybridized carbons (Fsp3) is 0.500. The predicted molar refractivity (Wildman–Crippen MR) is 113 cm³/mol. The lowest BCUT2D eigenvalue weighted by atomic mass is 9.98. The van der Waals surface area contributed by atoms with E-state index in [4.69, 9.17) is 9.47 Å². The molecule has 1 saturated heterocycles. The van der Waals surface area contributed by atoms with Crippen molar-refractivity contribution in [1.29, 1.82) is 0 Å². The molecule has 1 heterocycles. The molecule has 0 aromatic heterocycles. The van der Waals surface area contributed by atoms with Crippen molar-refractivity contribution in [1.82, 2.24) is 10.2 Å². The molecule has 0 unspecified atom stereocenters. The summed E-state index contributed by atoms with van der Waals surface area (Å²) >= 11 is 0. The number of rotatable bonds is 9. The molecule has 2 aromatic rings. The van der Waals surface area contributed by atoms with Crippen molar-refractivity contribution in [2.24, 2.45) is 5.92 Å². The van der Waals surface area contributed by atoms with Gasteiger partial charge in [0.2, 0.25) is 0 Å². The second-order valence-electron chi connectivity index (χ2n) is 7.89. The third kappa shape index (κ3) is 5.06. The van der Waals surface area contributed by atoms with Crippen LogP contribution in [0.3, 0.4) is 0 Å². The van der Waals surface area contributed by atoms with Gasteiger partial charge in [0.25, 0.3) is 0 Å². The fourth-order valence-electron chi connectivity index (χ4n) is 4.01. The van der Waals surface area contributed by atoms with E-state index in [1.807, 2.05) is 25.1 Å². The predicted octanol–water partition coefficient (Wildman–Crippen LogP) is 4.41. The minimum absolute atomic E-state index is 0.483. The maximum atomic E-state index is 6.10. The van der Waals surface area contributed by atoms with Crippen LogP contribution in [0.5, 0.6) is 11.5 Å². The average Bonchev–Trinajstić information content (AvgIpc) is 3.57. The van der Waals surface area contributed by atoms with Crippen molar-refractivity contribution in [2.75, 3.05) is 32.8 Å². The standard InChI is InChI=1S/C24H32N2O2/c1-2-27-24-17-21(10-11-23(24)28-18-20-6-4-3-5-7-20)22(16-19-8-9-19)26-14-12-25-13-15-26/h3-7,10-11,17,19,22,25H,2,8-9,12-16,18H2,1H3/t22-/m1/s1. The molecule has 4 heteroatoms. The maximum absolute atomic E-state index is 6.10. The smallest absolute Gasteiger partial charge is 0.161 e. The van der Waals surface area contributed by atoms with Crippen LogP contribution in [0.1, 0.15) is 43.4 Å². The number of hydrogen-bond acceptors (Lipinski definition) is 4.